The smallest absolute Gasteiger partial charge is 0.315 e. The van der Waals surface area contributed by atoms with Crippen molar-refractivity contribution in [3.8, 4) is 0 Å². The van der Waals surface area contributed by atoms with E-state index in [-0.39, 0.29) is 18.6 Å². The van der Waals surface area contributed by atoms with E-state index in [9.17, 15) is 9.59 Å². The Kier molecular flexibility index (Phi) is 4.50. The lowest BCUT2D eigenvalue weighted by molar-refractivity contribution is -0.146. The van der Waals surface area contributed by atoms with Gasteiger partial charge in [-0.25, -0.2) is 4.79 Å². The Labute approximate surface area is 124 Å². The highest BCUT2D eigenvalue weighted by Gasteiger charge is 2.28. The van der Waals surface area contributed by atoms with Crippen LogP contribution in [0.2, 0.25) is 0 Å². The van der Waals surface area contributed by atoms with Gasteiger partial charge in [0.2, 0.25) is 0 Å². The summed E-state index contributed by atoms with van der Waals surface area (Å²) in [6.07, 6.45) is 2.69. The molecule has 1 unspecified atom stereocenters. The molecule has 0 saturated carbocycles. The number of rotatable bonds is 4. The first kappa shape index (κ1) is 15.4. The highest BCUT2D eigenvalue weighted by atomic mass is 16.4. The monoisotopic (exact) mass is 290 g/mol. The van der Waals surface area contributed by atoms with Crippen LogP contribution in [-0.4, -0.2) is 29.7 Å². The Morgan fingerprint density at radius 3 is 2.62 bits per heavy atom. The summed E-state index contributed by atoms with van der Waals surface area (Å²) in [4.78, 5) is 22.9. The predicted octanol–water partition coefficient (Wildman–Crippen LogP) is 1.95. The van der Waals surface area contributed by atoms with Crippen molar-refractivity contribution in [1.82, 2.24) is 10.6 Å². The van der Waals surface area contributed by atoms with E-state index >= 15 is 0 Å². The molecule has 1 aromatic carbocycles. The van der Waals surface area contributed by atoms with Crippen LogP contribution in [0.25, 0.3) is 0 Å². The van der Waals surface area contributed by atoms with Crippen molar-refractivity contribution in [2.45, 2.75) is 39.2 Å². The van der Waals surface area contributed by atoms with Crippen molar-refractivity contribution < 1.29 is 14.7 Å². The van der Waals surface area contributed by atoms with Crippen LogP contribution in [0.3, 0.4) is 0 Å². The molecule has 1 atom stereocenters. The highest BCUT2D eigenvalue weighted by Crippen LogP contribution is 2.21. The largest absolute Gasteiger partial charge is 0.481 e. The highest BCUT2D eigenvalue weighted by molar-refractivity contribution is 5.77. The molecule has 1 aromatic rings. The molecule has 0 bridgehead atoms. The Morgan fingerprint density at radius 2 is 1.95 bits per heavy atom. The quantitative estimate of drug-likeness (QED) is 0.793. The standard InChI is InChI=1S/C16H22N2O3/c1-16(2,14(19)20)10-17-15(21)18-13-8-7-11-5-3-4-6-12(11)9-13/h3-6,13H,7-10H2,1-2H3,(H,19,20)(H2,17,18,21). The van der Waals surface area contributed by atoms with Gasteiger partial charge in [-0.1, -0.05) is 24.3 Å². The van der Waals surface area contributed by atoms with Crippen molar-refractivity contribution in [1.29, 1.82) is 0 Å². The fourth-order valence-electron chi connectivity index (χ4n) is 2.43. The van der Waals surface area contributed by atoms with Crippen LogP contribution in [0.5, 0.6) is 0 Å². The van der Waals surface area contributed by atoms with Gasteiger partial charge in [0.05, 0.1) is 5.41 Å². The average molecular weight is 290 g/mol. The zero-order chi connectivity index (χ0) is 15.5. The second-order valence-electron chi connectivity index (χ2n) is 6.22. The van der Waals surface area contributed by atoms with Crippen LogP contribution in [-0.2, 0) is 17.6 Å². The minimum atomic E-state index is -0.962. The third kappa shape index (κ3) is 3.97. The predicted molar refractivity (Wildman–Crippen MR) is 80.2 cm³/mol. The topological polar surface area (TPSA) is 78.4 Å². The molecule has 3 N–H and O–H groups in total. The van der Waals surface area contributed by atoms with Gasteiger partial charge < -0.3 is 15.7 Å². The maximum absolute atomic E-state index is 11.9. The third-order valence-corrected chi connectivity index (χ3v) is 3.95. The first-order valence-electron chi connectivity index (χ1n) is 7.23. The van der Waals surface area contributed by atoms with Crippen molar-refractivity contribution >= 4 is 12.0 Å². The first-order chi connectivity index (χ1) is 9.88. The van der Waals surface area contributed by atoms with E-state index in [2.05, 4.69) is 22.8 Å². The van der Waals surface area contributed by atoms with Crippen LogP contribution in [0, 0.1) is 5.41 Å². The number of aryl methyl sites for hydroxylation is 1. The van der Waals surface area contributed by atoms with Gasteiger partial charge in [0.1, 0.15) is 0 Å². The minimum Gasteiger partial charge on any atom is -0.481 e. The molecule has 0 aromatic heterocycles. The number of aliphatic carboxylic acids is 1. The summed E-state index contributed by atoms with van der Waals surface area (Å²) >= 11 is 0. The molecule has 0 aliphatic heterocycles. The maximum Gasteiger partial charge on any atom is 0.315 e. The van der Waals surface area contributed by atoms with E-state index in [1.807, 2.05) is 12.1 Å². The van der Waals surface area contributed by atoms with Gasteiger partial charge >= 0.3 is 12.0 Å². The van der Waals surface area contributed by atoms with Gasteiger partial charge in [-0.2, -0.15) is 0 Å². The summed E-state index contributed by atoms with van der Waals surface area (Å²) in [5.74, 6) is -0.922. The van der Waals surface area contributed by atoms with Crippen molar-refractivity contribution in [3.05, 3.63) is 35.4 Å². The average Bonchev–Trinajstić information content (AvgIpc) is 2.45. The van der Waals surface area contributed by atoms with E-state index < -0.39 is 11.4 Å². The summed E-state index contributed by atoms with van der Waals surface area (Å²) in [6.45, 7) is 3.29. The minimum absolute atomic E-state index is 0.104. The maximum atomic E-state index is 11.9. The number of carboxylic acid groups (broad SMARTS) is 1. The van der Waals surface area contributed by atoms with Crippen LogP contribution in [0.15, 0.2) is 24.3 Å². The van der Waals surface area contributed by atoms with Crippen molar-refractivity contribution in [2.24, 2.45) is 5.41 Å². The number of hydrogen-bond donors (Lipinski definition) is 3. The third-order valence-electron chi connectivity index (χ3n) is 3.95. The van der Waals surface area contributed by atoms with E-state index in [0.29, 0.717) is 0 Å². The normalized spacial score (nSPS) is 17.7. The molecule has 5 heteroatoms. The molecule has 21 heavy (non-hydrogen) atoms. The Bertz CT molecular complexity index is 540. The fraction of sp³-hybridized carbons (Fsp3) is 0.500. The number of hydrogen-bond acceptors (Lipinski definition) is 2. The zero-order valence-electron chi connectivity index (χ0n) is 12.5. The van der Waals surface area contributed by atoms with Crippen molar-refractivity contribution in [3.63, 3.8) is 0 Å². The lowest BCUT2D eigenvalue weighted by Gasteiger charge is -2.26. The summed E-state index contributed by atoms with van der Waals surface area (Å²) in [5.41, 5.74) is 1.67. The molecule has 2 amide bonds. The van der Waals surface area contributed by atoms with Gasteiger partial charge in [-0.3, -0.25) is 4.79 Å². The second-order valence-corrected chi connectivity index (χ2v) is 6.22. The number of fused-ring (bicyclic) bond motifs is 1. The van der Waals surface area contributed by atoms with Crippen LogP contribution >= 0.6 is 0 Å². The molecular weight excluding hydrogens is 268 g/mol. The molecular formula is C16H22N2O3. The molecule has 114 valence electrons. The summed E-state index contributed by atoms with van der Waals surface area (Å²) in [6, 6.07) is 8.07. The van der Waals surface area contributed by atoms with Crippen LogP contribution in [0.4, 0.5) is 4.79 Å². The Hall–Kier alpha value is -2.04. The summed E-state index contributed by atoms with van der Waals surface area (Å²) in [5, 5.41) is 14.6. The molecule has 0 spiro atoms. The van der Waals surface area contributed by atoms with Crippen LogP contribution < -0.4 is 10.6 Å². The van der Waals surface area contributed by atoms with Crippen molar-refractivity contribution in [2.75, 3.05) is 6.54 Å². The van der Waals surface area contributed by atoms with E-state index in [1.54, 1.807) is 13.8 Å². The zero-order valence-corrected chi connectivity index (χ0v) is 12.5. The number of nitrogens with one attached hydrogen (secondary N) is 2. The van der Waals surface area contributed by atoms with Gasteiger partial charge in [0.15, 0.2) is 0 Å². The molecule has 0 radical (unpaired) electrons. The lowest BCUT2D eigenvalue weighted by atomic mass is 9.88. The van der Waals surface area contributed by atoms with Gasteiger partial charge in [-0.05, 0) is 44.2 Å². The van der Waals surface area contributed by atoms with E-state index in [4.69, 9.17) is 5.11 Å². The van der Waals surface area contributed by atoms with Crippen LogP contribution in [0.1, 0.15) is 31.4 Å². The molecule has 1 aliphatic rings. The number of carbonyl (C=O) groups is 2. The molecule has 5 nitrogen and oxygen atoms in total. The first-order valence-corrected chi connectivity index (χ1v) is 7.23. The number of amides is 2. The molecule has 2 rings (SSSR count). The van der Waals surface area contributed by atoms with E-state index in [1.165, 1.54) is 11.1 Å². The second kappa shape index (κ2) is 6.16. The molecule has 0 fully saturated rings. The lowest BCUT2D eigenvalue weighted by Crippen LogP contribution is -2.48. The van der Waals surface area contributed by atoms with Gasteiger partial charge in [-0.15, -0.1) is 0 Å². The number of urea groups is 1. The molecule has 0 saturated heterocycles. The summed E-state index contributed by atoms with van der Waals surface area (Å²) in [7, 11) is 0. The number of carbonyl (C=O) groups excluding carboxylic acids is 1. The fourth-order valence-corrected chi connectivity index (χ4v) is 2.43. The Balaban J connectivity index is 1.83. The number of carboxylic acids is 1. The Morgan fingerprint density at radius 1 is 1.29 bits per heavy atom. The molecule has 1 aliphatic carbocycles. The van der Waals surface area contributed by atoms with Gasteiger partial charge in [0.25, 0.3) is 0 Å². The summed E-state index contributed by atoms with van der Waals surface area (Å²) < 4.78 is 0. The molecule has 0 heterocycles. The van der Waals surface area contributed by atoms with E-state index in [0.717, 1.165) is 19.3 Å². The van der Waals surface area contributed by atoms with Gasteiger partial charge in [0, 0.05) is 12.6 Å². The number of benzene rings is 1. The SMILES string of the molecule is CC(C)(CNC(=O)NC1CCc2ccccc2C1)C(=O)O.